The fraction of sp³-hybridized carbons (Fsp3) is 0.200. The van der Waals surface area contributed by atoms with E-state index in [0.717, 1.165) is 5.69 Å². The molecule has 0 fully saturated rings. The molecule has 6 heteroatoms. The Morgan fingerprint density at radius 1 is 1.19 bits per heavy atom. The zero-order valence-electron chi connectivity index (χ0n) is 14.5. The van der Waals surface area contributed by atoms with E-state index < -0.39 is 6.10 Å². The van der Waals surface area contributed by atoms with Gasteiger partial charge in [0.2, 0.25) is 0 Å². The van der Waals surface area contributed by atoms with Crippen molar-refractivity contribution in [3.63, 3.8) is 0 Å². The Morgan fingerprint density at radius 3 is 2.58 bits per heavy atom. The molecule has 0 bridgehead atoms. The van der Waals surface area contributed by atoms with Crippen LogP contribution in [0.3, 0.4) is 0 Å². The van der Waals surface area contributed by atoms with Gasteiger partial charge in [0.15, 0.2) is 0 Å². The number of amides is 1. The average Bonchev–Trinajstić information content (AvgIpc) is 3.20. The van der Waals surface area contributed by atoms with Crippen LogP contribution in [0.4, 0.5) is 0 Å². The highest BCUT2D eigenvalue weighted by Crippen LogP contribution is 2.20. The molecule has 1 atom stereocenters. The summed E-state index contributed by atoms with van der Waals surface area (Å²) in [5.74, 6) is -0.0659. The quantitative estimate of drug-likeness (QED) is 0.716. The lowest BCUT2D eigenvalue weighted by Gasteiger charge is -2.24. The van der Waals surface area contributed by atoms with Gasteiger partial charge in [-0.25, -0.2) is 4.68 Å². The Kier molecular flexibility index (Phi) is 5.34. The largest absolute Gasteiger partial charge is 0.508 e. The molecule has 1 aromatic heterocycles. The number of rotatable bonds is 6. The van der Waals surface area contributed by atoms with E-state index in [4.69, 9.17) is 0 Å². The van der Waals surface area contributed by atoms with Crippen LogP contribution in [-0.4, -0.2) is 43.9 Å². The zero-order valence-corrected chi connectivity index (χ0v) is 14.5. The molecule has 0 saturated heterocycles. The summed E-state index contributed by atoms with van der Waals surface area (Å²) in [5.41, 5.74) is 1.99. The van der Waals surface area contributed by atoms with Gasteiger partial charge in [-0.05, 0) is 55.0 Å². The molecule has 0 unspecified atom stereocenters. The first-order valence-electron chi connectivity index (χ1n) is 8.45. The molecule has 2 N–H and O–H groups in total. The molecular formula is C20H21N3O3. The molecule has 3 aromatic rings. The number of phenols is 1. The van der Waals surface area contributed by atoms with Crippen LogP contribution >= 0.6 is 0 Å². The zero-order chi connectivity index (χ0) is 18.5. The van der Waals surface area contributed by atoms with Crippen LogP contribution in [0.25, 0.3) is 5.69 Å². The molecule has 0 radical (unpaired) electrons. The summed E-state index contributed by atoms with van der Waals surface area (Å²) in [6.45, 7) is 2.49. The summed E-state index contributed by atoms with van der Waals surface area (Å²) >= 11 is 0. The minimum atomic E-state index is -0.866. The fourth-order valence-corrected chi connectivity index (χ4v) is 2.76. The van der Waals surface area contributed by atoms with Gasteiger partial charge in [-0.15, -0.1) is 0 Å². The summed E-state index contributed by atoms with van der Waals surface area (Å²) in [4.78, 5) is 14.3. The number of nitrogens with zero attached hydrogens (tertiary/aromatic N) is 3. The molecule has 26 heavy (non-hydrogen) atoms. The molecule has 0 spiro atoms. The maximum absolute atomic E-state index is 12.8. The number of aliphatic hydroxyl groups excluding tert-OH is 1. The number of aromatic nitrogens is 2. The minimum absolute atomic E-state index is 0.0881. The van der Waals surface area contributed by atoms with Crippen molar-refractivity contribution in [1.82, 2.24) is 14.7 Å². The van der Waals surface area contributed by atoms with Crippen LogP contribution in [-0.2, 0) is 0 Å². The molecule has 0 saturated carbocycles. The van der Waals surface area contributed by atoms with E-state index in [9.17, 15) is 15.0 Å². The van der Waals surface area contributed by atoms with E-state index in [-0.39, 0.29) is 18.2 Å². The van der Waals surface area contributed by atoms with E-state index in [1.54, 1.807) is 46.1 Å². The van der Waals surface area contributed by atoms with Crippen molar-refractivity contribution < 1.29 is 15.0 Å². The van der Waals surface area contributed by atoms with Gasteiger partial charge in [0, 0.05) is 24.5 Å². The Bertz CT molecular complexity index is 860. The Balaban J connectivity index is 1.72. The van der Waals surface area contributed by atoms with Crippen molar-refractivity contribution in [3.8, 4) is 11.4 Å². The minimum Gasteiger partial charge on any atom is -0.508 e. The van der Waals surface area contributed by atoms with Crippen molar-refractivity contribution in [2.75, 3.05) is 13.1 Å². The first-order chi connectivity index (χ1) is 12.6. The smallest absolute Gasteiger partial charge is 0.253 e. The standard InChI is InChI=1S/C20H21N3O3/c1-2-22(14-19(25)16-5-3-6-18(24)13-16)20(26)15-7-9-17(10-8-15)23-12-4-11-21-23/h3-13,19,24-25H,2,14H2,1H3/t19-/m1/s1. The van der Waals surface area contributed by atoms with E-state index in [1.807, 2.05) is 31.3 Å². The van der Waals surface area contributed by atoms with Crippen LogP contribution in [0.2, 0.25) is 0 Å². The predicted molar refractivity (Wildman–Crippen MR) is 98.2 cm³/mol. The number of aliphatic hydroxyl groups is 1. The number of hydrogen-bond donors (Lipinski definition) is 2. The number of hydrogen-bond acceptors (Lipinski definition) is 4. The monoisotopic (exact) mass is 351 g/mol. The topological polar surface area (TPSA) is 78.6 Å². The molecule has 1 heterocycles. The molecule has 0 aliphatic rings. The molecular weight excluding hydrogens is 330 g/mol. The fourth-order valence-electron chi connectivity index (χ4n) is 2.76. The third-order valence-electron chi connectivity index (χ3n) is 4.20. The lowest BCUT2D eigenvalue weighted by atomic mass is 10.1. The van der Waals surface area contributed by atoms with Crippen molar-refractivity contribution in [3.05, 3.63) is 78.1 Å². The van der Waals surface area contributed by atoms with Gasteiger partial charge in [0.1, 0.15) is 5.75 Å². The number of carbonyl (C=O) groups is 1. The number of aromatic hydroxyl groups is 1. The number of phenolic OH excluding ortho intramolecular Hbond substituents is 1. The number of carbonyl (C=O) groups excluding carboxylic acids is 1. The van der Waals surface area contributed by atoms with Gasteiger partial charge in [-0.2, -0.15) is 5.10 Å². The highest BCUT2D eigenvalue weighted by molar-refractivity contribution is 5.94. The number of likely N-dealkylation sites (N-methyl/N-ethyl adjacent to an activating group) is 1. The summed E-state index contributed by atoms with van der Waals surface area (Å²) in [5, 5.41) is 24.1. The lowest BCUT2D eigenvalue weighted by Crippen LogP contribution is -2.34. The van der Waals surface area contributed by atoms with E-state index in [0.29, 0.717) is 17.7 Å². The third-order valence-corrected chi connectivity index (χ3v) is 4.20. The van der Waals surface area contributed by atoms with Gasteiger partial charge < -0.3 is 15.1 Å². The van der Waals surface area contributed by atoms with Crippen molar-refractivity contribution in [2.45, 2.75) is 13.0 Å². The van der Waals surface area contributed by atoms with Gasteiger partial charge in [-0.3, -0.25) is 4.79 Å². The second kappa shape index (κ2) is 7.84. The maximum Gasteiger partial charge on any atom is 0.253 e. The van der Waals surface area contributed by atoms with Crippen LogP contribution in [0.15, 0.2) is 67.0 Å². The highest BCUT2D eigenvalue weighted by Gasteiger charge is 2.19. The van der Waals surface area contributed by atoms with E-state index in [2.05, 4.69) is 5.10 Å². The van der Waals surface area contributed by atoms with Gasteiger partial charge in [0.25, 0.3) is 5.91 Å². The Labute approximate surface area is 151 Å². The first-order valence-corrected chi connectivity index (χ1v) is 8.45. The van der Waals surface area contributed by atoms with Gasteiger partial charge >= 0.3 is 0 Å². The summed E-state index contributed by atoms with van der Waals surface area (Å²) < 4.78 is 1.72. The first kappa shape index (κ1) is 17.7. The molecule has 1 amide bonds. The maximum atomic E-state index is 12.8. The van der Waals surface area contributed by atoms with Crippen molar-refractivity contribution in [1.29, 1.82) is 0 Å². The summed E-state index contributed by atoms with van der Waals surface area (Å²) in [6, 6.07) is 15.4. The molecule has 0 aliphatic heterocycles. The molecule has 134 valence electrons. The van der Waals surface area contributed by atoms with Crippen molar-refractivity contribution in [2.24, 2.45) is 0 Å². The highest BCUT2D eigenvalue weighted by atomic mass is 16.3. The van der Waals surface area contributed by atoms with Crippen molar-refractivity contribution >= 4 is 5.91 Å². The van der Waals surface area contributed by atoms with Gasteiger partial charge in [-0.1, -0.05) is 12.1 Å². The predicted octanol–water partition coefficient (Wildman–Crippen LogP) is 2.77. The molecule has 6 nitrogen and oxygen atoms in total. The average molecular weight is 351 g/mol. The molecule has 2 aromatic carbocycles. The lowest BCUT2D eigenvalue weighted by molar-refractivity contribution is 0.0635. The Hall–Kier alpha value is -3.12. The second-order valence-corrected chi connectivity index (χ2v) is 5.95. The normalized spacial score (nSPS) is 11.9. The Morgan fingerprint density at radius 2 is 1.96 bits per heavy atom. The van der Waals surface area contributed by atoms with E-state index in [1.165, 1.54) is 6.07 Å². The van der Waals surface area contributed by atoms with Crippen LogP contribution in [0.1, 0.15) is 28.9 Å². The third kappa shape index (κ3) is 3.92. The SMILES string of the molecule is CCN(C[C@@H](O)c1cccc(O)c1)C(=O)c1ccc(-n2cccn2)cc1. The van der Waals surface area contributed by atoms with E-state index >= 15 is 0 Å². The van der Waals surface area contributed by atoms with Crippen LogP contribution < -0.4 is 0 Å². The molecule has 0 aliphatic carbocycles. The number of benzene rings is 2. The second-order valence-electron chi connectivity index (χ2n) is 5.95. The van der Waals surface area contributed by atoms with Gasteiger partial charge in [0.05, 0.1) is 18.3 Å². The van der Waals surface area contributed by atoms with Crippen LogP contribution in [0, 0.1) is 0 Å². The van der Waals surface area contributed by atoms with Crippen LogP contribution in [0.5, 0.6) is 5.75 Å². The summed E-state index contributed by atoms with van der Waals surface area (Å²) in [6.07, 6.45) is 2.66. The molecule has 3 rings (SSSR count). The summed E-state index contributed by atoms with van der Waals surface area (Å²) in [7, 11) is 0.